The van der Waals surface area contributed by atoms with Crippen molar-refractivity contribution in [3.8, 4) is 0 Å². The predicted octanol–water partition coefficient (Wildman–Crippen LogP) is 2.06. The summed E-state index contributed by atoms with van der Waals surface area (Å²) in [5.41, 5.74) is 5.94. The first-order valence-electron chi connectivity index (χ1n) is 5.51. The fourth-order valence-corrected chi connectivity index (χ4v) is 5.71. The highest BCUT2D eigenvalue weighted by atomic mass is 79.9. The van der Waals surface area contributed by atoms with E-state index in [4.69, 9.17) is 5.73 Å². The topological polar surface area (TPSA) is 72.2 Å². The zero-order valence-corrected chi connectivity index (χ0v) is 12.4. The van der Waals surface area contributed by atoms with Crippen molar-refractivity contribution in [2.45, 2.75) is 42.0 Å². The Bertz CT molecular complexity index is 486. The summed E-state index contributed by atoms with van der Waals surface area (Å²) in [6, 6.07) is 1.53. The third kappa shape index (κ3) is 3.08. The minimum Gasteiger partial charge on any atom is -0.326 e. The molecule has 7 heteroatoms. The molecule has 1 aromatic rings. The van der Waals surface area contributed by atoms with Gasteiger partial charge in [-0.25, -0.2) is 13.1 Å². The van der Waals surface area contributed by atoms with Gasteiger partial charge in [0.1, 0.15) is 4.21 Å². The normalized spacial score (nSPS) is 26.0. The molecular formula is C10H15BrN2O2S2. The van der Waals surface area contributed by atoms with Gasteiger partial charge >= 0.3 is 0 Å². The smallest absolute Gasteiger partial charge is 0.251 e. The van der Waals surface area contributed by atoms with Crippen molar-refractivity contribution >= 4 is 37.3 Å². The molecule has 0 bridgehead atoms. The lowest BCUT2D eigenvalue weighted by Crippen LogP contribution is -2.49. The second-order valence-electron chi connectivity index (χ2n) is 4.23. The number of hydrogen-bond acceptors (Lipinski definition) is 4. The second kappa shape index (κ2) is 5.36. The van der Waals surface area contributed by atoms with E-state index in [1.807, 2.05) is 0 Å². The van der Waals surface area contributed by atoms with Crippen molar-refractivity contribution in [3.63, 3.8) is 0 Å². The number of rotatable bonds is 3. The molecular weight excluding hydrogens is 324 g/mol. The molecule has 2 rings (SSSR count). The van der Waals surface area contributed by atoms with E-state index in [2.05, 4.69) is 20.7 Å². The molecule has 0 aromatic carbocycles. The first kappa shape index (κ1) is 13.5. The van der Waals surface area contributed by atoms with Crippen molar-refractivity contribution in [1.29, 1.82) is 0 Å². The third-order valence-electron chi connectivity index (χ3n) is 2.95. The van der Waals surface area contributed by atoms with E-state index in [1.54, 1.807) is 11.4 Å². The fourth-order valence-electron chi connectivity index (χ4n) is 2.03. The minimum atomic E-state index is -3.44. The van der Waals surface area contributed by atoms with Gasteiger partial charge in [-0.3, -0.25) is 0 Å². The van der Waals surface area contributed by atoms with E-state index >= 15 is 0 Å². The molecule has 1 fully saturated rings. The van der Waals surface area contributed by atoms with Crippen molar-refractivity contribution < 1.29 is 8.42 Å². The SMILES string of the molecule is N[C@@H]1CCCC[C@H]1NS(=O)(=O)c1sccc1Br. The Kier molecular flexibility index (Phi) is 4.25. The van der Waals surface area contributed by atoms with Gasteiger partial charge in [0.25, 0.3) is 10.0 Å². The molecule has 1 heterocycles. The summed E-state index contributed by atoms with van der Waals surface area (Å²) in [4.78, 5) is 0. The van der Waals surface area contributed by atoms with E-state index in [0.29, 0.717) is 8.68 Å². The standard InChI is InChI=1S/C10H15BrN2O2S2/c11-7-5-6-16-10(7)17(14,15)13-9-4-2-1-3-8(9)12/h5-6,8-9,13H,1-4,12H2/t8-,9-/m1/s1. The van der Waals surface area contributed by atoms with Crippen LogP contribution in [0.5, 0.6) is 0 Å². The molecule has 1 aromatic heterocycles. The molecule has 0 radical (unpaired) electrons. The first-order chi connectivity index (χ1) is 8.00. The van der Waals surface area contributed by atoms with E-state index in [9.17, 15) is 8.42 Å². The summed E-state index contributed by atoms with van der Waals surface area (Å²) >= 11 is 4.45. The number of thiophene rings is 1. The lowest BCUT2D eigenvalue weighted by atomic mass is 9.92. The van der Waals surface area contributed by atoms with Crippen LogP contribution in [-0.2, 0) is 10.0 Å². The van der Waals surface area contributed by atoms with Crippen LogP contribution in [-0.4, -0.2) is 20.5 Å². The van der Waals surface area contributed by atoms with E-state index in [1.165, 1.54) is 11.3 Å². The number of nitrogens with one attached hydrogen (secondary N) is 1. The van der Waals surface area contributed by atoms with Crippen LogP contribution in [0.15, 0.2) is 20.1 Å². The van der Waals surface area contributed by atoms with Crippen LogP contribution in [0.2, 0.25) is 0 Å². The van der Waals surface area contributed by atoms with Crippen LogP contribution < -0.4 is 10.5 Å². The highest BCUT2D eigenvalue weighted by Crippen LogP contribution is 2.28. The van der Waals surface area contributed by atoms with Crippen LogP contribution in [0.3, 0.4) is 0 Å². The Hall–Kier alpha value is 0.0500. The highest BCUT2D eigenvalue weighted by Gasteiger charge is 2.28. The van der Waals surface area contributed by atoms with Crippen molar-refractivity contribution in [2.24, 2.45) is 5.73 Å². The number of halogens is 1. The summed E-state index contributed by atoms with van der Waals surface area (Å²) in [5.74, 6) is 0. The van der Waals surface area contributed by atoms with Crippen molar-refractivity contribution in [2.75, 3.05) is 0 Å². The van der Waals surface area contributed by atoms with Crippen LogP contribution in [0.25, 0.3) is 0 Å². The molecule has 0 saturated heterocycles. The van der Waals surface area contributed by atoms with Gasteiger partial charge in [-0.2, -0.15) is 0 Å². The molecule has 2 atom stereocenters. The Balaban J connectivity index is 2.15. The van der Waals surface area contributed by atoms with Crippen LogP contribution in [0.1, 0.15) is 25.7 Å². The van der Waals surface area contributed by atoms with Crippen molar-refractivity contribution in [3.05, 3.63) is 15.9 Å². The van der Waals surface area contributed by atoms with Gasteiger partial charge in [0, 0.05) is 16.6 Å². The lowest BCUT2D eigenvalue weighted by molar-refractivity contribution is 0.361. The molecule has 96 valence electrons. The quantitative estimate of drug-likeness (QED) is 0.885. The van der Waals surface area contributed by atoms with E-state index in [0.717, 1.165) is 25.7 Å². The minimum absolute atomic E-state index is 0.0720. The monoisotopic (exact) mass is 338 g/mol. The lowest BCUT2D eigenvalue weighted by Gasteiger charge is -2.28. The van der Waals surface area contributed by atoms with Gasteiger partial charge in [0.05, 0.1) is 0 Å². The Morgan fingerprint density at radius 3 is 2.71 bits per heavy atom. The average Bonchev–Trinajstić information content (AvgIpc) is 2.68. The summed E-state index contributed by atoms with van der Waals surface area (Å²) in [6.07, 6.45) is 3.83. The van der Waals surface area contributed by atoms with Gasteiger partial charge in [-0.15, -0.1) is 11.3 Å². The summed E-state index contributed by atoms with van der Waals surface area (Å²) in [6.45, 7) is 0. The maximum absolute atomic E-state index is 12.1. The van der Waals surface area contributed by atoms with E-state index in [-0.39, 0.29) is 12.1 Å². The molecule has 0 unspecified atom stereocenters. The number of sulfonamides is 1. The molecule has 1 saturated carbocycles. The summed E-state index contributed by atoms with van der Waals surface area (Å²) in [7, 11) is -3.44. The largest absolute Gasteiger partial charge is 0.326 e. The molecule has 0 aliphatic heterocycles. The third-order valence-corrected chi connectivity index (χ3v) is 7.11. The Morgan fingerprint density at radius 1 is 1.41 bits per heavy atom. The van der Waals surface area contributed by atoms with Crippen molar-refractivity contribution in [1.82, 2.24) is 4.72 Å². The van der Waals surface area contributed by atoms with Gasteiger partial charge in [0.2, 0.25) is 0 Å². The number of hydrogen-bond donors (Lipinski definition) is 2. The molecule has 4 nitrogen and oxygen atoms in total. The van der Waals surface area contributed by atoms with Gasteiger partial charge < -0.3 is 5.73 Å². The molecule has 0 spiro atoms. The molecule has 17 heavy (non-hydrogen) atoms. The Morgan fingerprint density at radius 2 is 2.12 bits per heavy atom. The van der Waals surface area contributed by atoms with Gasteiger partial charge in [-0.1, -0.05) is 12.8 Å². The van der Waals surface area contributed by atoms with Gasteiger partial charge in [-0.05, 0) is 40.2 Å². The predicted molar refractivity (Wildman–Crippen MR) is 72.6 cm³/mol. The van der Waals surface area contributed by atoms with Crippen LogP contribution in [0.4, 0.5) is 0 Å². The van der Waals surface area contributed by atoms with E-state index < -0.39 is 10.0 Å². The van der Waals surface area contributed by atoms with Crippen LogP contribution in [0, 0.1) is 0 Å². The molecule has 1 aliphatic carbocycles. The summed E-state index contributed by atoms with van der Waals surface area (Å²) < 4.78 is 27.9. The molecule has 3 N–H and O–H groups in total. The zero-order chi connectivity index (χ0) is 12.5. The maximum atomic E-state index is 12.1. The zero-order valence-electron chi connectivity index (χ0n) is 9.23. The van der Waals surface area contributed by atoms with Crippen LogP contribution >= 0.6 is 27.3 Å². The molecule has 1 aliphatic rings. The summed E-state index contributed by atoms with van der Waals surface area (Å²) in [5, 5.41) is 1.75. The molecule has 0 amide bonds. The first-order valence-corrected chi connectivity index (χ1v) is 8.67. The maximum Gasteiger partial charge on any atom is 0.251 e. The average molecular weight is 339 g/mol. The van der Waals surface area contributed by atoms with Gasteiger partial charge in [0.15, 0.2) is 0 Å². The Labute approximate surface area is 114 Å². The highest BCUT2D eigenvalue weighted by molar-refractivity contribution is 9.10. The second-order valence-corrected chi connectivity index (χ2v) is 7.91. The fraction of sp³-hybridized carbons (Fsp3) is 0.600. The number of nitrogens with two attached hydrogens (primary N) is 1.